The SMILES string of the molecule is CC(=O)N[C@@H]1[C@@H](O)[C@@H]2OC3(CCCCC3)O[C@@H]2[C@H]1O[C@@H]1O[C@H](COC(C)=O)[C@@H](OC(C)=O)[C@H](OC(C)=O)[C@H]1OC(C)=O. The van der Waals surface area contributed by atoms with Crippen molar-refractivity contribution in [2.24, 2.45) is 0 Å². The Balaban J connectivity index is 1.69. The maximum Gasteiger partial charge on any atom is 0.303 e. The molecule has 1 spiro atoms. The molecule has 15 heteroatoms. The number of carbonyl (C=O) groups excluding carboxylic acids is 5. The molecule has 15 nitrogen and oxygen atoms in total. The van der Waals surface area contributed by atoms with Crippen LogP contribution >= 0.6 is 0 Å². The van der Waals surface area contributed by atoms with Crippen LogP contribution in [0.2, 0.25) is 0 Å². The Labute approximate surface area is 242 Å². The second-order valence-corrected chi connectivity index (χ2v) is 11.0. The van der Waals surface area contributed by atoms with Gasteiger partial charge in [-0.1, -0.05) is 6.42 Å². The molecule has 2 aliphatic heterocycles. The van der Waals surface area contributed by atoms with Gasteiger partial charge in [0.2, 0.25) is 5.91 Å². The minimum atomic E-state index is -1.52. The van der Waals surface area contributed by atoms with E-state index in [2.05, 4.69) is 5.32 Å². The van der Waals surface area contributed by atoms with Crippen molar-refractivity contribution in [3.05, 3.63) is 0 Å². The molecule has 236 valence electrons. The van der Waals surface area contributed by atoms with E-state index in [1.807, 2.05) is 0 Å². The van der Waals surface area contributed by atoms with Crippen LogP contribution in [0, 0.1) is 0 Å². The molecule has 1 amide bonds. The Kier molecular flexibility index (Phi) is 10.1. The highest BCUT2D eigenvalue weighted by molar-refractivity contribution is 5.73. The molecule has 2 saturated heterocycles. The smallest absolute Gasteiger partial charge is 0.303 e. The van der Waals surface area contributed by atoms with Gasteiger partial charge in [0.25, 0.3) is 0 Å². The molecule has 2 aliphatic carbocycles. The Morgan fingerprint density at radius 1 is 0.762 bits per heavy atom. The highest BCUT2D eigenvalue weighted by atomic mass is 16.8. The van der Waals surface area contributed by atoms with Crippen LogP contribution in [0.4, 0.5) is 0 Å². The molecule has 4 rings (SSSR count). The zero-order valence-electron chi connectivity index (χ0n) is 24.3. The largest absolute Gasteiger partial charge is 0.463 e. The lowest BCUT2D eigenvalue weighted by molar-refractivity contribution is -0.325. The van der Waals surface area contributed by atoms with Crippen LogP contribution in [-0.2, 0) is 61.9 Å². The molecule has 0 unspecified atom stereocenters. The van der Waals surface area contributed by atoms with Crippen molar-refractivity contribution in [1.29, 1.82) is 0 Å². The van der Waals surface area contributed by atoms with Crippen molar-refractivity contribution in [1.82, 2.24) is 5.32 Å². The Morgan fingerprint density at radius 3 is 1.90 bits per heavy atom. The van der Waals surface area contributed by atoms with Gasteiger partial charge in [-0.05, 0) is 12.8 Å². The van der Waals surface area contributed by atoms with Crippen molar-refractivity contribution in [2.45, 2.75) is 134 Å². The van der Waals surface area contributed by atoms with Crippen molar-refractivity contribution in [3.8, 4) is 0 Å². The normalized spacial score (nSPS) is 36.9. The van der Waals surface area contributed by atoms with Gasteiger partial charge < -0.3 is 48.3 Å². The fourth-order valence-corrected chi connectivity index (χ4v) is 6.12. The lowest BCUT2D eigenvalue weighted by atomic mass is 9.94. The van der Waals surface area contributed by atoms with E-state index in [-0.39, 0.29) is 0 Å². The van der Waals surface area contributed by atoms with Crippen LogP contribution < -0.4 is 5.32 Å². The lowest BCUT2D eigenvalue weighted by Crippen LogP contribution is -2.64. The number of aliphatic hydroxyl groups is 1. The molecule has 10 atom stereocenters. The van der Waals surface area contributed by atoms with Crippen molar-refractivity contribution < 1.29 is 67.0 Å². The molecular formula is C27H39NO14. The summed E-state index contributed by atoms with van der Waals surface area (Å²) in [7, 11) is 0. The van der Waals surface area contributed by atoms with Crippen LogP contribution in [0.1, 0.15) is 66.7 Å². The molecule has 4 aliphatic rings. The van der Waals surface area contributed by atoms with Crippen molar-refractivity contribution in [2.75, 3.05) is 6.61 Å². The van der Waals surface area contributed by atoms with E-state index in [0.29, 0.717) is 12.8 Å². The predicted octanol–water partition coefficient (Wildman–Crippen LogP) is -0.222. The van der Waals surface area contributed by atoms with Crippen LogP contribution in [0.3, 0.4) is 0 Å². The van der Waals surface area contributed by atoms with Crippen LogP contribution in [0.5, 0.6) is 0 Å². The number of amides is 1. The molecule has 2 saturated carbocycles. The Hall–Kier alpha value is -2.85. The standard InChI is InChI=1S/C27H39NO14/c1-12(29)28-18-19(34)22-24(42-27(41-22)9-7-6-8-10-27)21(18)40-26-25(38-16(5)33)23(37-15(4)32)20(36-14(3)31)17(39-26)11-35-13(2)30/h17-26,34H,6-11H2,1-5H3,(H,28,29)/t17-,18-,19-,20-,21+,22+,23+,24-,25-,26+/m1/s1. The van der Waals surface area contributed by atoms with Gasteiger partial charge in [-0.25, -0.2) is 0 Å². The number of fused-ring (bicyclic) bond motifs is 1. The van der Waals surface area contributed by atoms with Gasteiger partial charge in [-0.2, -0.15) is 0 Å². The van der Waals surface area contributed by atoms with E-state index >= 15 is 0 Å². The van der Waals surface area contributed by atoms with Crippen molar-refractivity contribution in [3.63, 3.8) is 0 Å². The van der Waals surface area contributed by atoms with Gasteiger partial charge in [-0.3, -0.25) is 24.0 Å². The van der Waals surface area contributed by atoms with Gasteiger partial charge in [0, 0.05) is 47.5 Å². The summed E-state index contributed by atoms with van der Waals surface area (Å²) in [5.74, 6) is -4.39. The van der Waals surface area contributed by atoms with E-state index in [0.717, 1.165) is 40.0 Å². The summed E-state index contributed by atoms with van der Waals surface area (Å²) in [6.07, 6.45) is -7.08. The molecule has 0 aromatic heterocycles. The minimum Gasteiger partial charge on any atom is -0.463 e. The highest BCUT2D eigenvalue weighted by Gasteiger charge is 2.63. The van der Waals surface area contributed by atoms with Gasteiger partial charge >= 0.3 is 23.9 Å². The second-order valence-electron chi connectivity index (χ2n) is 11.0. The lowest BCUT2D eigenvalue weighted by Gasteiger charge is -2.45. The number of hydrogen-bond donors (Lipinski definition) is 2. The molecule has 0 aromatic rings. The number of rotatable bonds is 8. The summed E-state index contributed by atoms with van der Waals surface area (Å²) in [6, 6.07) is -1.02. The second kappa shape index (κ2) is 13.2. The number of nitrogens with one attached hydrogen (secondary N) is 1. The average Bonchev–Trinajstić information content (AvgIpc) is 3.34. The molecule has 2 heterocycles. The van der Waals surface area contributed by atoms with Gasteiger partial charge in [0.05, 0.1) is 6.04 Å². The van der Waals surface area contributed by atoms with Gasteiger partial charge in [0.15, 0.2) is 30.4 Å². The first kappa shape index (κ1) is 32.1. The molecule has 2 N–H and O–H groups in total. The first-order valence-corrected chi connectivity index (χ1v) is 14.1. The van der Waals surface area contributed by atoms with E-state index < -0.39 is 103 Å². The summed E-state index contributed by atoms with van der Waals surface area (Å²) in [6.45, 7) is 5.35. The van der Waals surface area contributed by atoms with Crippen LogP contribution in [-0.4, -0.2) is 108 Å². The predicted molar refractivity (Wildman–Crippen MR) is 136 cm³/mol. The molecule has 0 bridgehead atoms. The number of aliphatic hydroxyl groups excluding tert-OH is 1. The third-order valence-corrected chi connectivity index (χ3v) is 7.63. The number of carbonyl (C=O) groups is 5. The topological polar surface area (TPSA) is 191 Å². The van der Waals surface area contributed by atoms with E-state index in [1.165, 1.54) is 13.8 Å². The number of ether oxygens (including phenoxy) is 8. The monoisotopic (exact) mass is 601 g/mol. The zero-order valence-corrected chi connectivity index (χ0v) is 24.3. The number of esters is 4. The van der Waals surface area contributed by atoms with E-state index in [4.69, 9.17) is 37.9 Å². The molecular weight excluding hydrogens is 562 g/mol. The Bertz CT molecular complexity index is 1040. The summed E-state index contributed by atoms with van der Waals surface area (Å²) >= 11 is 0. The summed E-state index contributed by atoms with van der Waals surface area (Å²) in [4.78, 5) is 60.1. The fourth-order valence-electron chi connectivity index (χ4n) is 6.12. The van der Waals surface area contributed by atoms with Gasteiger partial charge in [0.1, 0.15) is 37.1 Å². The highest BCUT2D eigenvalue weighted by Crippen LogP contribution is 2.47. The maximum absolute atomic E-state index is 12.2. The zero-order chi connectivity index (χ0) is 30.8. The first-order valence-electron chi connectivity index (χ1n) is 14.1. The third kappa shape index (κ3) is 7.19. The summed E-state index contributed by atoms with van der Waals surface area (Å²) in [5.41, 5.74) is 0. The summed E-state index contributed by atoms with van der Waals surface area (Å²) < 4.78 is 46.5. The summed E-state index contributed by atoms with van der Waals surface area (Å²) in [5, 5.41) is 13.9. The maximum atomic E-state index is 12.2. The quantitative estimate of drug-likeness (QED) is 0.274. The van der Waals surface area contributed by atoms with E-state index in [1.54, 1.807) is 0 Å². The third-order valence-electron chi connectivity index (χ3n) is 7.63. The molecule has 0 aromatic carbocycles. The fraction of sp³-hybridized carbons (Fsp3) is 0.815. The van der Waals surface area contributed by atoms with Crippen LogP contribution in [0.25, 0.3) is 0 Å². The van der Waals surface area contributed by atoms with Gasteiger partial charge in [-0.15, -0.1) is 0 Å². The molecule has 4 fully saturated rings. The number of hydrogen-bond acceptors (Lipinski definition) is 14. The Morgan fingerprint density at radius 2 is 1.33 bits per heavy atom. The van der Waals surface area contributed by atoms with Crippen molar-refractivity contribution >= 4 is 29.8 Å². The first-order chi connectivity index (χ1) is 19.8. The van der Waals surface area contributed by atoms with Crippen LogP contribution in [0.15, 0.2) is 0 Å². The minimum absolute atomic E-state index is 0.436. The van der Waals surface area contributed by atoms with E-state index in [9.17, 15) is 29.1 Å². The molecule has 0 radical (unpaired) electrons. The molecule has 42 heavy (non-hydrogen) atoms. The average molecular weight is 602 g/mol.